The number of carbonyl (C=O) groups excluding carboxylic acids is 1. The summed E-state index contributed by atoms with van der Waals surface area (Å²) in [6, 6.07) is 15.4. The van der Waals surface area contributed by atoms with Gasteiger partial charge in [-0.3, -0.25) is 4.79 Å². The van der Waals surface area contributed by atoms with Crippen LogP contribution in [0.3, 0.4) is 0 Å². The third-order valence-corrected chi connectivity index (χ3v) is 3.99. The number of carbonyl (C=O) groups is 1. The monoisotopic (exact) mass is 326 g/mol. The molecule has 2 rings (SSSR count). The molecule has 0 unspecified atom stereocenters. The highest BCUT2D eigenvalue weighted by atomic mass is 32.2. The molecule has 116 valence electrons. The number of thioether (sulfide) groups is 1. The van der Waals surface area contributed by atoms with Crippen molar-refractivity contribution in [3.8, 4) is 6.07 Å². The van der Waals surface area contributed by atoms with Gasteiger partial charge in [0.2, 0.25) is 5.91 Å². The van der Waals surface area contributed by atoms with Gasteiger partial charge in [-0.15, -0.1) is 11.8 Å². The van der Waals surface area contributed by atoms with E-state index in [0.29, 0.717) is 17.9 Å². The van der Waals surface area contributed by atoms with Crippen molar-refractivity contribution in [2.75, 3.05) is 11.1 Å². The zero-order valence-electron chi connectivity index (χ0n) is 12.3. The van der Waals surface area contributed by atoms with Gasteiger partial charge in [0.1, 0.15) is 5.82 Å². The molecular weight excluding hydrogens is 311 g/mol. The largest absolute Gasteiger partial charge is 0.321 e. The van der Waals surface area contributed by atoms with Crippen LogP contribution in [0.25, 0.3) is 6.08 Å². The normalized spacial score (nSPS) is 10.4. The fourth-order valence-corrected chi connectivity index (χ4v) is 2.69. The second kappa shape index (κ2) is 8.76. The Labute approximate surface area is 138 Å². The summed E-state index contributed by atoms with van der Waals surface area (Å²) < 4.78 is 12.8. The number of rotatable bonds is 6. The van der Waals surface area contributed by atoms with Crippen LogP contribution in [0.1, 0.15) is 12.0 Å². The van der Waals surface area contributed by atoms with E-state index >= 15 is 0 Å². The van der Waals surface area contributed by atoms with Crippen molar-refractivity contribution in [1.29, 1.82) is 5.26 Å². The summed E-state index contributed by atoms with van der Waals surface area (Å²) in [5.41, 5.74) is 1.46. The highest BCUT2D eigenvalue weighted by Gasteiger charge is 2.04. The maximum Gasteiger partial charge on any atom is 0.248 e. The Morgan fingerprint density at radius 1 is 1.22 bits per heavy atom. The molecule has 3 nitrogen and oxygen atoms in total. The van der Waals surface area contributed by atoms with Crippen molar-refractivity contribution in [1.82, 2.24) is 0 Å². The van der Waals surface area contributed by atoms with Gasteiger partial charge in [-0.05, 0) is 35.9 Å². The number of halogens is 1. The molecule has 0 heterocycles. The molecule has 0 aromatic heterocycles. The molecule has 0 saturated heterocycles. The van der Waals surface area contributed by atoms with E-state index in [4.69, 9.17) is 5.26 Å². The van der Waals surface area contributed by atoms with E-state index in [1.165, 1.54) is 30.0 Å². The van der Waals surface area contributed by atoms with Crippen molar-refractivity contribution in [3.05, 3.63) is 66.0 Å². The molecular formula is C18H15FN2OS. The SMILES string of the molecule is N#CCCSc1ccccc1NC(=O)/C=C/c1ccc(F)cc1. The van der Waals surface area contributed by atoms with Crippen LogP contribution in [0.5, 0.6) is 0 Å². The first kappa shape index (κ1) is 16.8. The van der Waals surface area contributed by atoms with Crippen LogP contribution in [0, 0.1) is 17.1 Å². The molecule has 1 N–H and O–H groups in total. The molecule has 0 bridgehead atoms. The van der Waals surface area contributed by atoms with Gasteiger partial charge in [0.25, 0.3) is 0 Å². The minimum absolute atomic E-state index is 0.261. The van der Waals surface area contributed by atoms with Crippen LogP contribution in [0.15, 0.2) is 59.5 Å². The van der Waals surface area contributed by atoms with E-state index in [0.717, 1.165) is 10.5 Å². The first-order valence-electron chi connectivity index (χ1n) is 7.02. The number of nitrogens with zero attached hydrogens (tertiary/aromatic N) is 1. The number of benzene rings is 2. The number of hydrogen-bond donors (Lipinski definition) is 1. The number of amides is 1. The predicted octanol–water partition coefficient (Wildman–Crippen LogP) is 4.48. The average Bonchev–Trinajstić information content (AvgIpc) is 2.56. The average molecular weight is 326 g/mol. The van der Waals surface area contributed by atoms with Gasteiger partial charge in [0.05, 0.1) is 11.8 Å². The van der Waals surface area contributed by atoms with Gasteiger partial charge >= 0.3 is 0 Å². The van der Waals surface area contributed by atoms with Crippen LogP contribution in [-0.4, -0.2) is 11.7 Å². The van der Waals surface area contributed by atoms with Gasteiger partial charge in [0, 0.05) is 23.1 Å². The summed E-state index contributed by atoms with van der Waals surface area (Å²) in [4.78, 5) is 12.9. The highest BCUT2D eigenvalue weighted by Crippen LogP contribution is 2.27. The molecule has 5 heteroatoms. The van der Waals surface area contributed by atoms with E-state index < -0.39 is 0 Å². The van der Waals surface area contributed by atoms with Crippen LogP contribution in [-0.2, 0) is 4.79 Å². The van der Waals surface area contributed by atoms with Crippen LogP contribution >= 0.6 is 11.8 Å². The quantitative estimate of drug-likeness (QED) is 0.483. The lowest BCUT2D eigenvalue weighted by Gasteiger charge is -2.08. The van der Waals surface area contributed by atoms with Crippen molar-refractivity contribution in [3.63, 3.8) is 0 Å². The first-order valence-corrected chi connectivity index (χ1v) is 8.01. The summed E-state index contributed by atoms with van der Waals surface area (Å²) in [5, 5.41) is 11.4. The topological polar surface area (TPSA) is 52.9 Å². The van der Waals surface area contributed by atoms with Crippen LogP contribution in [0.2, 0.25) is 0 Å². The zero-order valence-corrected chi connectivity index (χ0v) is 13.1. The second-order valence-electron chi connectivity index (χ2n) is 4.63. The Bertz CT molecular complexity index is 735. The fourth-order valence-electron chi connectivity index (χ4n) is 1.82. The maximum atomic E-state index is 12.8. The molecule has 1 amide bonds. The smallest absolute Gasteiger partial charge is 0.248 e. The van der Waals surface area contributed by atoms with E-state index in [9.17, 15) is 9.18 Å². The Hall–Kier alpha value is -2.58. The lowest BCUT2D eigenvalue weighted by atomic mass is 10.2. The lowest BCUT2D eigenvalue weighted by Crippen LogP contribution is -2.08. The second-order valence-corrected chi connectivity index (χ2v) is 5.76. The number of nitrogens with one attached hydrogen (secondary N) is 1. The highest BCUT2D eigenvalue weighted by molar-refractivity contribution is 7.99. The molecule has 2 aromatic rings. The van der Waals surface area contributed by atoms with E-state index in [1.54, 1.807) is 18.2 Å². The zero-order chi connectivity index (χ0) is 16.5. The maximum absolute atomic E-state index is 12.8. The summed E-state index contributed by atoms with van der Waals surface area (Å²) in [6.45, 7) is 0. The van der Waals surface area contributed by atoms with Crippen molar-refractivity contribution >= 4 is 29.4 Å². The van der Waals surface area contributed by atoms with Crippen molar-refractivity contribution in [2.24, 2.45) is 0 Å². The number of anilines is 1. The summed E-state index contributed by atoms with van der Waals surface area (Å²) in [5.74, 6) is 0.104. The van der Waals surface area contributed by atoms with Gasteiger partial charge in [-0.1, -0.05) is 24.3 Å². The first-order chi connectivity index (χ1) is 11.2. The molecule has 23 heavy (non-hydrogen) atoms. The lowest BCUT2D eigenvalue weighted by molar-refractivity contribution is -0.111. The van der Waals surface area contributed by atoms with Crippen molar-refractivity contribution in [2.45, 2.75) is 11.3 Å². The molecule has 0 aliphatic carbocycles. The minimum Gasteiger partial charge on any atom is -0.321 e. The van der Waals surface area contributed by atoms with Gasteiger partial charge in [-0.25, -0.2) is 4.39 Å². The Balaban J connectivity index is 1.99. The van der Waals surface area contributed by atoms with E-state index in [2.05, 4.69) is 11.4 Å². The third kappa shape index (κ3) is 5.61. The summed E-state index contributed by atoms with van der Waals surface area (Å²) in [7, 11) is 0. The standard InChI is InChI=1S/C18H15FN2OS/c19-15-9-6-14(7-10-15)8-11-18(22)21-16-4-1-2-5-17(16)23-13-3-12-20/h1-2,4-11H,3,13H2,(H,21,22)/b11-8+. The van der Waals surface area contributed by atoms with E-state index in [-0.39, 0.29) is 11.7 Å². The molecule has 0 spiro atoms. The number of para-hydroxylation sites is 1. The van der Waals surface area contributed by atoms with Crippen molar-refractivity contribution < 1.29 is 9.18 Å². The van der Waals surface area contributed by atoms with Crippen LogP contribution in [0.4, 0.5) is 10.1 Å². The predicted molar refractivity (Wildman–Crippen MR) is 91.5 cm³/mol. The summed E-state index contributed by atoms with van der Waals surface area (Å²) >= 11 is 1.53. The number of hydrogen-bond acceptors (Lipinski definition) is 3. The van der Waals surface area contributed by atoms with Crippen LogP contribution < -0.4 is 5.32 Å². The Kier molecular flexibility index (Phi) is 6.40. The molecule has 0 aliphatic rings. The Morgan fingerprint density at radius 3 is 2.70 bits per heavy atom. The summed E-state index contributed by atoms with van der Waals surface area (Å²) in [6.07, 6.45) is 3.49. The molecule has 0 saturated carbocycles. The molecule has 2 aromatic carbocycles. The Morgan fingerprint density at radius 2 is 1.96 bits per heavy atom. The molecule has 0 radical (unpaired) electrons. The fraction of sp³-hybridized carbons (Fsp3) is 0.111. The third-order valence-electron chi connectivity index (χ3n) is 2.91. The van der Waals surface area contributed by atoms with E-state index in [1.807, 2.05) is 24.3 Å². The van der Waals surface area contributed by atoms with Gasteiger partial charge < -0.3 is 5.32 Å². The molecule has 0 atom stereocenters. The number of nitriles is 1. The minimum atomic E-state index is -0.310. The van der Waals surface area contributed by atoms with Gasteiger partial charge in [0.15, 0.2) is 0 Å². The molecule has 0 fully saturated rings. The molecule has 0 aliphatic heterocycles. The van der Waals surface area contributed by atoms with Gasteiger partial charge in [-0.2, -0.15) is 5.26 Å².